The normalized spacial score (nSPS) is 25.7. The molecule has 1 atom stereocenters. The van der Waals surface area contributed by atoms with Gasteiger partial charge in [0.2, 0.25) is 0 Å². The summed E-state index contributed by atoms with van der Waals surface area (Å²) in [5.41, 5.74) is 0.749. The first kappa shape index (κ1) is 15.9. The standard InChI is InChI=1S/C19H23FN2O/c1-18(2)9-3-4-16(12-15-5-7-17(20)8-6-15)19(18,23)13-22-11-10-21-14-22/h5-8,10-12,14,23H,3-4,9,13H2,1-2H3/b16-12+. The Bertz CT molecular complexity index is 689. The van der Waals surface area contributed by atoms with Gasteiger partial charge < -0.3 is 9.67 Å². The van der Waals surface area contributed by atoms with Gasteiger partial charge in [-0.1, -0.05) is 32.1 Å². The zero-order valence-electron chi connectivity index (χ0n) is 13.7. The van der Waals surface area contributed by atoms with Crippen LogP contribution in [0.4, 0.5) is 4.39 Å². The number of rotatable bonds is 3. The summed E-state index contributed by atoms with van der Waals surface area (Å²) < 4.78 is 15.0. The molecule has 1 unspecified atom stereocenters. The van der Waals surface area contributed by atoms with Crippen molar-refractivity contribution in [3.05, 3.63) is 59.9 Å². The SMILES string of the molecule is CC1(C)CCC/C(=C\c2ccc(F)cc2)C1(O)Cn1ccnc1. The highest BCUT2D eigenvalue weighted by atomic mass is 19.1. The van der Waals surface area contributed by atoms with Crippen molar-refractivity contribution in [3.8, 4) is 0 Å². The molecule has 1 saturated carbocycles. The smallest absolute Gasteiger partial charge is 0.123 e. The van der Waals surface area contributed by atoms with Gasteiger partial charge in [0.1, 0.15) is 11.4 Å². The molecule has 0 aliphatic heterocycles. The molecule has 3 rings (SSSR count). The van der Waals surface area contributed by atoms with Crippen LogP contribution in [-0.2, 0) is 6.54 Å². The maximum Gasteiger partial charge on any atom is 0.123 e. The van der Waals surface area contributed by atoms with E-state index in [1.54, 1.807) is 24.7 Å². The average molecular weight is 314 g/mol. The maximum atomic E-state index is 13.1. The van der Waals surface area contributed by atoms with Crippen LogP contribution in [0, 0.1) is 11.2 Å². The Kier molecular flexibility index (Phi) is 4.11. The van der Waals surface area contributed by atoms with E-state index in [9.17, 15) is 9.50 Å². The van der Waals surface area contributed by atoms with E-state index >= 15 is 0 Å². The number of aliphatic hydroxyl groups is 1. The first-order valence-electron chi connectivity index (χ1n) is 8.05. The number of benzene rings is 1. The fraction of sp³-hybridized carbons (Fsp3) is 0.421. The van der Waals surface area contributed by atoms with E-state index in [1.165, 1.54) is 12.1 Å². The Morgan fingerprint density at radius 2 is 2.04 bits per heavy atom. The van der Waals surface area contributed by atoms with Gasteiger partial charge in [-0.15, -0.1) is 0 Å². The van der Waals surface area contributed by atoms with E-state index in [0.717, 1.165) is 30.4 Å². The van der Waals surface area contributed by atoms with Gasteiger partial charge in [-0.05, 0) is 47.9 Å². The molecule has 1 aliphatic rings. The Morgan fingerprint density at radius 3 is 2.70 bits per heavy atom. The van der Waals surface area contributed by atoms with E-state index in [1.807, 2.05) is 16.8 Å². The van der Waals surface area contributed by atoms with Crippen LogP contribution in [-0.4, -0.2) is 20.3 Å². The minimum atomic E-state index is -0.944. The number of hydrogen-bond donors (Lipinski definition) is 1. The molecule has 0 saturated heterocycles. The molecule has 0 bridgehead atoms. The summed E-state index contributed by atoms with van der Waals surface area (Å²) in [6.07, 6.45) is 10.2. The molecule has 1 aromatic carbocycles. The summed E-state index contributed by atoms with van der Waals surface area (Å²) in [4.78, 5) is 4.08. The lowest BCUT2D eigenvalue weighted by Gasteiger charge is -2.48. The summed E-state index contributed by atoms with van der Waals surface area (Å²) in [6, 6.07) is 6.41. The number of aromatic nitrogens is 2. The zero-order chi connectivity index (χ0) is 16.5. The molecule has 122 valence electrons. The van der Waals surface area contributed by atoms with Gasteiger partial charge in [-0.25, -0.2) is 9.37 Å². The molecule has 0 spiro atoms. The summed E-state index contributed by atoms with van der Waals surface area (Å²) in [7, 11) is 0. The molecular formula is C19H23FN2O. The van der Waals surface area contributed by atoms with Crippen LogP contribution in [0.5, 0.6) is 0 Å². The highest BCUT2D eigenvalue weighted by Crippen LogP contribution is 2.48. The second-order valence-electron chi connectivity index (χ2n) is 7.05. The molecule has 2 aromatic rings. The molecule has 1 fully saturated rings. The van der Waals surface area contributed by atoms with Gasteiger partial charge in [0.15, 0.2) is 0 Å². The van der Waals surface area contributed by atoms with Gasteiger partial charge in [-0.2, -0.15) is 0 Å². The molecular weight excluding hydrogens is 291 g/mol. The third-order valence-corrected chi connectivity index (χ3v) is 5.08. The molecule has 1 heterocycles. The minimum absolute atomic E-state index is 0.235. The van der Waals surface area contributed by atoms with Crippen molar-refractivity contribution < 1.29 is 9.50 Å². The molecule has 3 nitrogen and oxygen atoms in total. The third-order valence-electron chi connectivity index (χ3n) is 5.08. The van der Waals surface area contributed by atoms with E-state index in [2.05, 4.69) is 18.8 Å². The first-order chi connectivity index (χ1) is 10.9. The average Bonchev–Trinajstić information content (AvgIpc) is 2.99. The lowest BCUT2D eigenvalue weighted by Crippen LogP contribution is -2.51. The quantitative estimate of drug-likeness (QED) is 0.928. The first-order valence-corrected chi connectivity index (χ1v) is 8.05. The fourth-order valence-corrected chi connectivity index (χ4v) is 3.48. The van der Waals surface area contributed by atoms with Gasteiger partial charge in [0, 0.05) is 12.4 Å². The molecule has 1 aromatic heterocycles. The molecule has 23 heavy (non-hydrogen) atoms. The van der Waals surface area contributed by atoms with Crippen LogP contribution in [0.3, 0.4) is 0 Å². The molecule has 1 aliphatic carbocycles. The van der Waals surface area contributed by atoms with Crippen LogP contribution < -0.4 is 0 Å². The van der Waals surface area contributed by atoms with E-state index in [4.69, 9.17) is 0 Å². The third kappa shape index (κ3) is 3.08. The topological polar surface area (TPSA) is 38.0 Å². The van der Waals surface area contributed by atoms with Crippen LogP contribution in [0.2, 0.25) is 0 Å². The van der Waals surface area contributed by atoms with E-state index in [0.29, 0.717) is 6.54 Å². The Labute approximate surface area is 136 Å². The Morgan fingerprint density at radius 1 is 1.30 bits per heavy atom. The number of imidazole rings is 1. The van der Waals surface area contributed by atoms with Gasteiger partial charge >= 0.3 is 0 Å². The highest BCUT2D eigenvalue weighted by Gasteiger charge is 2.48. The van der Waals surface area contributed by atoms with Crippen molar-refractivity contribution in [3.63, 3.8) is 0 Å². The van der Waals surface area contributed by atoms with Gasteiger partial charge in [-0.3, -0.25) is 0 Å². The van der Waals surface area contributed by atoms with Crippen molar-refractivity contribution in [1.82, 2.24) is 9.55 Å². The van der Waals surface area contributed by atoms with Gasteiger partial charge in [0.25, 0.3) is 0 Å². The van der Waals surface area contributed by atoms with Crippen LogP contribution in [0.25, 0.3) is 6.08 Å². The van der Waals surface area contributed by atoms with Gasteiger partial charge in [0.05, 0.1) is 12.9 Å². The minimum Gasteiger partial charge on any atom is -0.383 e. The number of halogens is 1. The maximum absolute atomic E-state index is 13.1. The van der Waals surface area contributed by atoms with Crippen molar-refractivity contribution in [2.24, 2.45) is 5.41 Å². The number of hydrogen-bond acceptors (Lipinski definition) is 2. The largest absolute Gasteiger partial charge is 0.383 e. The van der Waals surface area contributed by atoms with Crippen LogP contribution in [0.1, 0.15) is 38.7 Å². The predicted octanol–water partition coefficient (Wildman–Crippen LogP) is 4.05. The highest BCUT2D eigenvalue weighted by molar-refractivity contribution is 5.56. The summed E-state index contributed by atoms with van der Waals surface area (Å²) in [6.45, 7) is 4.70. The predicted molar refractivity (Wildman–Crippen MR) is 89.2 cm³/mol. The molecule has 0 amide bonds. The molecule has 1 N–H and O–H groups in total. The monoisotopic (exact) mass is 314 g/mol. The van der Waals surface area contributed by atoms with Crippen LogP contribution in [0.15, 0.2) is 48.6 Å². The lowest BCUT2D eigenvalue weighted by atomic mass is 9.62. The van der Waals surface area contributed by atoms with E-state index in [-0.39, 0.29) is 11.2 Å². The molecule has 4 heteroatoms. The summed E-state index contributed by atoms with van der Waals surface area (Å²) >= 11 is 0. The number of nitrogens with zero attached hydrogens (tertiary/aromatic N) is 2. The van der Waals surface area contributed by atoms with Crippen molar-refractivity contribution >= 4 is 6.08 Å². The van der Waals surface area contributed by atoms with Crippen molar-refractivity contribution in [2.75, 3.05) is 0 Å². The molecule has 0 radical (unpaired) electrons. The second-order valence-corrected chi connectivity index (χ2v) is 7.05. The summed E-state index contributed by atoms with van der Waals surface area (Å²) in [5, 5.41) is 11.6. The van der Waals surface area contributed by atoms with Crippen molar-refractivity contribution in [1.29, 1.82) is 0 Å². The van der Waals surface area contributed by atoms with E-state index < -0.39 is 5.60 Å². The van der Waals surface area contributed by atoms with Crippen molar-refractivity contribution in [2.45, 2.75) is 45.3 Å². The fourth-order valence-electron chi connectivity index (χ4n) is 3.48. The Hall–Kier alpha value is -1.94. The summed E-state index contributed by atoms with van der Waals surface area (Å²) in [5.74, 6) is -0.246. The second kappa shape index (κ2) is 5.93. The Balaban J connectivity index is 2.00. The lowest BCUT2D eigenvalue weighted by molar-refractivity contribution is -0.0670. The zero-order valence-corrected chi connectivity index (χ0v) is 13.7. The van der Waals surface area contributed by atoms with Crippen LogP contribution >= 0.6 is 0 Å².